The quantitative estimate of drug-likeness (QED) is 0.566. The van der Waals surface area contributed by atoms with E-state index in [1.807, 2.05) is 53.7 Å². The first kappa shape index (κ1) is 17.9. The number of amides is 1. The number of nitrogens with one attached hydrogen (secondary N) is 1. The van der Waals surface area contributed by atoms with Crippen molar-refractivity contribution in [1.29, 1.82) is 0 Å². The van der Waals surface area contributed by atoms with Crippen LogP contribution in [-0.4, -0.2) is 43.9 Å². The van der Waals surface area contributed by atoms with Crippen LogP contribution in [0.3, 0.4) is 0 Å². The van der Waals surface area contributed by atoms with Crippen molar-refractivity contribution in [2.45, 2.75) is 12.8 Å². The SMILES string of the molecule is Cn1nc(-c2cccs2)cc1C(=O)N1CCc2[nH]nc(-c3ccccc3)c2CC1. The van der Waals surface area contributed by atoms with E-state index in [0.717, 1.165) is 40.4 Å². The Balaban J connectivity index is 1.38. The molecule has 146 valence electrons. The first-order valence-corrected chi connectivity index (χ1v) is 10.6. The minimum absolute atomic E-state index is 0.0298. The van der Waals surface area contributed by atoms with Gasteiger partial charge in [-0.2, -0.15) is 10.2 Å². The molecule has 0 radical (unpaired) electrons. The van der Waals surface area contributed by atoms with E-state index in [-0.39, 0.29) is 5.91 Å². The Kier molecular flexibility index (Phi) is 4.52. The summed E-state index contributed by atoms with van der Waals surface area (Å²) in [5.41, 5.74) is 5.92. The average Bonchev–Trinajstić information content (AvgIpc) is 3.46. The van der Waals surface area contributed by atoms with Crippen LogP contribution in [0.2, 0.25) is 0 Å². The number of aromatic amines is 1. The summed E-state index contributed by atoms with van der Waals surface area (Å²) in [4.78, 5) is 16.2. The van der Waals surface area contributed by atoms with Crippen molar-refractivity contribution < 1.29 is 4.79 Å². The number of rotatable bonds is 3. The zero-order valence-electron chi connectivity index (χ0n) is 16.1. The highest BCUT2D eigenvalue weighted by atomic mass is 32.1. The molecular formula is C22H21N5OS. The van der Waals surface area contributed by atoms with E-state index in [0.29, 0.717) is 18.8 Å². The van der Waals surface area contributed by atoms with Gasteiger partial charge in [-0.3, -0.25) is 14.6 Å². The predicted octanol–water partition coefficient (Wildman–Crippen LogP) is 3.78. The Bertz CT molecular complexity index is 1140. The van der Waals surface area contributed by atoms with Crippen LogP contribution in [0.5, 0.6) is 0 Å². The van der Waals surface area contributed by atoms with Crippen molar-refractivity contribution in [1.82, 2.24) is 24.9 Å². The predicted molar refractivity (Wildman–Crippen MR) is 114 cm³/mol. The number of aromatic nitrogens is 4. The zero-order chi connectivity index (χ0) is 19.8. The summed E-state index contributed by atoms with van der Waals surface area (Å²) in [5.74, 6) is 0.0298. The van der Waals surface area contributed by atoms with Gasteiger partial charge in [0.05, 0.1) is 10.6 Å². The third-order valence-corrected chi connectivity index (χ3v) is 6.32. The molecule has 0 saturated carbocycles. The summed E-state index contributed by atoms with van der Waals surface area (Å²) >= 11 is 1.63. The number of benzene rings is 1. The summed E-state index contributed by atoms with van der Waals surface area (Å²) in [6.07, 6.45) is 1.56. The molecule has 1 aliphatic rings. The van der Waals surface area contributed by atoms with Crippen molar-refractivity contribution in [3.63, 3.8) is 0 Å². The Labute approximate surface area is 172 Å². The number of hydrogen-bond donors (Lipinski definition) is 1. The summed E-state index contributed by atoms with van der Waals surface area (Å²) in [6, 6.07) is 16.1. The van der Waals surface area contributed by atoms with Gasteiger partial charge >= 0.3 is 0 Å². The lowest BCUT2D eigenvalue weighted by atomic mass is 10.0. The molecule has 4 heterocycles. The van der Waals surface area contributed by atoms with Crippen LogP contribution in [0.15, 0.2) is 53.9 Å². The Morgan fingerprint density at radius 2 is 1.93 bits per heavy atom. The van der Waals surface area contributed by atoms with Crippen molar-refractivity contribution in [3.05, 3.63) is 70.9 Å². The summed E-state index contributed by atoms with van der Waals surface area (Å²) < 4.78 is 1.69. The lowest BCUT2D eigenvalue weighted by Crippen LogP contribution is -2.34. The molecule has 0 bridgehead atoms. The van der Waals surface area contributed by atoms with E-state index >= 15 is 0 Å². The topological polar surface area (TPSA) is 66.8 Å². The van der Waals surface area contributed by atoms with Crippen molar-refractivity contribution in [3.8, 4) is 21.8 Å². The Morgan fingerprint density at radius 1 is 1.10 bits per heavy atom. The van der Waals surface area contributed by atoms with E-state index in [9.17, 15) is 4.79 Å². The molecule has 0 spiro atoms. The highest BCUT2D eigenvalue weighted by Crippen LogP contribution is 2.28. The molecular weight excluding hydrogens is 382 g/mol. The van der Waals surface area contributed by atoms with Gasteiger partial charge in [0.25, 0.3) is 5.91 Å². The molecule has 0 unspecified atom stereocenters. The van der Waals surface area contributed by atoms with E-state index in [1.165, 1.54) is 5.56 Å². The van der Waals surface area contributed by atoms with Gasteiger partial charge in [0.2, 0.25) is 0 Å². The number of nitrogens with zero attached hydrogens (tertiary/aromatic N) is 4. The molecule has 1 amide bonds. The van der Waals surface area contributed by atoms with Gasteiger partial charge in [-0.25, -0.2) is 0 Å². The van der Waals surface area contributed by atoms with Crippen LogP contribution in [0.25, 0.3) is 21.8 Å². The number of carbonyl (C=O) groups excluding carboxylic acids is 1. The molecule has 29 heavy (non-hydrogen) atoms. The number of H-pyrrole nitrogens is 1. The molecule has 5 rings (SSSR count). The van der Waals surface area contributed by atoms with Gasteiger partial charge in [-0.05, 0) is 23.9 Å². The van der Waals surface area contributed by atoms with Gasteiger partial charge in [-0.1, -0.05) is 36.4 Å². The van der Waals surface area contributed by atoms with Gasteiger partial charge in [0, 0.05) is 43.4 Å². The number of aryl methyl sites for hydroxylation is 1. The van der Waals surface area contributed by atoms with E-state index in [2.05, 4.69) is 27.4 Å². The lowest BCUT2D eigenvalue weighted by Gasteiger charge is -2.20. The number of hydrogen-bond acceptors (Lipinski definition) is 4. The molecule has 7 heteroatoms. The van der Waals surface area contributed by atoms with Gasteiger partial charge in [-0.15, -0.1) is 11.3 Å². The molecule has 0 fully saturated rings. The monoisotopic (exact) mass is 403 g/mol. The van der Waals surface area contributed by atoms with Crippen LogP contribution >= 0.6 is 11.3 Å². The van der Waals surface area contributed by atoms with E-state index in [1.54, 1.807) is 16.0 Å². The molecule has 1 aliphatic heterocycles. The van der Waals surface area contributed by atoms with Crippen LogP contribution in [-0.2, 0) is 19.9 Å². The highest BCUT2D eigenvalue weighted by molar-refractivity contribution is 7.13. The minimum Gasteiger partial charge on any atom is -0.337 e. The molecule has 1 N–H and O–H groups in total. The molecule has 1 aromatic carbocycles. The van der Waals surface area contributed by atoms with E-state index < -0.39 is 0 Å². The maximum atomic E-state index is 13.2. The van der Waals surface area contributed by atoms with Crippen LogP contribution in [0.4, 0.5) is 0 Å². The summed E-state index contributed by atoms with van der Waals surface area (Å²) in [5, 5.41) is 14.3. The maximum absolute atomic E-state index is 13.2. The largest absolute Gasteiger partial charge is 0.337 e. The first-order chi connectivity index (χ1) is 14.2. The smallest absolute Gasteiger partial charge is 0.272 e. The molecule has 0 aliphatic carbocycles. The lowest BCUT2D eigenvalue weighted by molar-refractivity contribution is 0.0751. The van der Waals surface area contributed by atoms with Crippen LogP contribution < -0.4 is 0 Å². The minimum atomic E-state index is 0.0298. The fourth-order valence-electron chi connectivity index (χ4n) is 3.89. The van der Waals surface area contributed by atoms with Crippen molar-refractivity contribution in [2.24, 2.45) is 7.05 Å². The van der Waals surface area contributed by atoms with Crippen LogP contribution in [0.1, 0.15) is 21.7 Å². The fourth-order valence-corrected chi connectivity index (χ4v) is 4.58. The number of fused-ring (bicyclic) bond motifs is 1. The normalized spacial score (nSPS) is 13.9. The summed E-state index contributed by atoms with van der Waals surface area (Å²) in [6.45, 7) is 1.34. The zero-order valence-corrected chi connectivity index (χ0v) is 16.9. The second-order valence-electron chi connectivity index (χ2n) is 7.20. The van der Waals surface area contributed by atoms with Crippen LogP contribution in [0, 0.1) is 0 Å². The molecule has 4 aromatic rings. The van der Waals surface area contributed by atoms with Gasteiger partial charge in [0.15, 0.2) is 0 Å². The van der Waals surface area contributed by atoms with Crippen molar-refractivity contribution in [2.75, 3.05) is 13.1 Å². The molecule has 3 aromatic heterocycles. The number of carbonyl (C=O) groups is 1. The maximum Gasteiger partial charge on any atom is 0.272 e. The third-order valence-electron chi connectivity index (χ3n) is 5.42. The second-order valence-corrected chi connectivity index (χ2v) is 8.15. The third kappa shape index (κ3) is 3.27. The van der Waals surface area contributed by atoms with E-state index in [4.69, 9.17) is 0 Å². The number of thiophene rings is 1. The van der Waals surface area contributed by atoms with Crippen molar-refractivity contribution >= 4 is 17.2 Å². The average molecular weight is 404 g/mol. The van der Waals surface area contributed by atoms with Gasteiger partial charge in [0.1, 0.15) is 11.4 Å². The summed E-state index contributed by atoms with van der Waals surface area (Å²) in [7, 11) is 1.84. The first-order valence-electron chi connectivity index (χ1n) is 9.69. The Morgan fingerprint density at radius 3 is 2.72 bits per heavy atom. The van der Waals surface area contributed by atoms with Gasteiger partial charge < -0.3 is 4.90 Å². The molecule has 0 saturated heterocycles. The Hall–Kier alpha value is -3.19. The molecule has 0 atom stereocenters. The standard InChI is InChI=1S/C22H21N5OS/c1-26-19(14-18(25-26)20-8-5-13-29-20)22(28)27-11-9-16-17(10-12-27)23-24-21(16)15-6-3-2-4-7-15/h2-8,13-14H,9-12H2,1H3,(H,23,24). The second kappa shape index (κ2) is 7.33. The fraction of sp³-hybridized carbons (Fsp3) is 0.227. The molecule has 6 nitrogen and oxygen atoms in total. The highest BCUT2D eigenvalue weighted by Gasteiger charge is 2.25.